The zero-order valence-corrected chi connectivity index (χ0v) is 15.3. The van der Waals surface area contributed by atoms with Crippen molar-refractivity contribution in [2.45, 2.75) is 38.1 Å². The zero-order chi connectivity index (χ0) is 18.2. The number of hydrogen-bond acceptors (Lipinski definition) is 5. The highest BCUT2D eigenvalue weighted by atomic mass is 32.2. The Balaban J connectivity index is 2.17. The third kappa shape index (κ3) is 3.35. The summed E-state index contributed by atoms with van der Waals surface area (Å²) in [5, 5.41) is 9.50. The lowest BCUT2D eigenvalue weighted by atomic mass is 9.99. The Morgan fingerprint density at radius 3 is 2.64 bits per heavy atom. The topological polar surface area (TPSA) is 92.0 Å². The van der Waals surface area contributed by atoms with Gasteiger partial charge < -0.3 is 10.0 Å². The number of imidazole rings is 1. The fraction of sp³-hybridized carbons (Fsp3) is 0.529. The summed E-state index contributed by atoms with van der Waals surface area (Å²) in [5.74, 6) is -0.439. The Bertz CT molecular complexity index is 896. The summed E-state index contributed by atoms with van der Waals surface area (Å²) in [7, 11) is -3.50. The van der Waals surface area contributed by atoms with Gasteiger partial charge in [0.1, 0.15) is 0 Å². The molecule has 0 bridgehead atoms. The molecule has 2 aromatic rings. The molecular formula is C17H23N3O4S. The quantitative estimate of drug-likeness (QED) is 0.875. The normalized spacial score (nSPS) is 16.5. The van der Waals surface area contributed by atoms with Crippen LogP contribution in [0.4, 0.5) is 5.69 Å². The number of hydrogen-bond donors (Lipinski definition) is 1. The maximum atomic E-state index is 12.5. The Hall–Kier alpha value is -2.09. The minimum atomic E-state index is -3.50. The van der Waals surface area contributed by atoms with E-state index in [9.17, 15) is 18.3 Å². The number of rotatable bonds is 5. The van der Waals surface area contributed by atoms with Gasteiger partial charge in [0.25, 0.3) is 0 Å². The van der Waals surface area contributed by atoms with Gasteiger partial charge in [-0.15, -0.1) is 0 Å². The van der Waals surface area contributed by atoms with Gasteiger partial charge in [0.2, 0.25) is 0 Å². The summed E-state index contributed by atoms with van der Waals surface area (Å²) in [5.41, 5.74) is 1.24. The molecule has 8 heteroatoms. The SMILES string of the molecule is CCCS(=O)(=O)c1cnc2c(N3CCC(C)CC3)cc(C(=O)O)cn12. The molecule has 0 atom stereocenters. The van der Waals surface area contributed by atoms with E-state index in [1.165, 1.54) is 16.8 Å². The van der Waals surface area contributed by atoms with Crippen LogP contribution >= 0.6 is 0 Å². The molecule has 7 nitrogen and oxygen atoms in total. The van der Waals surface area contributed by atoms with Crippen LogP contribution in [0, 0.1) is 5.92 Å². The first-order chi connectivity index (χ1) is 11.8. The van der Waals surface area contributed by atoms with Crippen LogP contribution in [0.3, 0.4) is 0 Å². The molecule has 0 aromatic carbocycles. The molecule has 2 aromatic heterocycles. The number of pyridine rings is 1. The highest BCUT2D eigenvalue weighted by Crippen LogP contribution is 2.29. The molecule has 1 saturated heterocycles. The number of piperidine rings is 1. The second kappa shape index (κ2) is 6.67. The summed E-state index contributed by atoms with van der Waals surface area (Å²) in [6.45, 7) is 5.61. The van der Waals surface area contributed by atoms with Crippen LogP contribution in [0.2, 0.25) is 0 Å². The van der Waals surface area contributed by atoms with Crippen LogP contribution in [0.25, 0.3) is 5.65 Å². The second-order valence-electron chi connectivity index (χ2n) is 6.70. The zero-order valence-electron chi connectivity index (χ0n) is 14.5. The predicted octanol–water partition coefficient (Wildman–Crippen LogP) is 2.45. The van der Waals surface area contributed by atoms with E-state index in [4.69, 9.17) is 0 Å². The van der Waals surface area contributed by atoms with Crippen molar-refractivity contribution in [3.05, 3.63) is 24.0 Å². The number of nitrogens with zero attached hydrogens (tertiary/aromatic N) is 3. The lowest BCUT2D eigenvalue weighted by Crippen LogP contribution is -2.33. The Morgan fingerprint density at radius 2 is 2.04 bits per heavy atom. The van der Waals surface area contributed by atoms with Crippen molar-refractivity contribution < 1.29 is 18.3 Å². The van der Waals surface area contributed by atoms with Gasteiger partial charge in [-0.2, -0.15) is 0 Å². The molecule has 0 spiro atoms. The molecule has 1 aliphatic rings. The third-order valence-electron chi connectivity index (χ3n) is 4.72. The van der Waals surface area contributed by atoms with Gasteiger partial charge in [0, 0.05) is 19.3 Å². The highest BCUT2D eigenvalue weighted by Gasteiger charge is 2.25. The number of aromatic nitrogens is 2. The van der Waals surface area contributed by atoms with Crippen LogP contribution in [-0.4, -0.2) is 47.7 Å². The lowest BCUT2D eigenvalue weighted by Gasteiger charge is -2.32. The molecule has 25 heavy (non-hydrogen) atoms. The number of aromatic carboxylic acids is 1. The third-order valence-corrected chi connectivity index (χ3v) is 6.60. The first-order valence-electron chi connectivity index (χ1n) is 8.55. The molecule has 3 heterocycles. The highest BCUT2D eigenvalue weighted by molar-refractivity contribution is 7.91. The maximum absolute atomic E-state index is 12.5. The standard InChI is InChI=1S/C17H23N3O4S/c1-3-8-25(23,24)15-10-18-16-14(19-6-4-12(2)5-7-19)9-13(17(21)22)11-20(15)16/h9-12H,3-8H2,1-2H3,(H,21,22). The van der Waals surface area contributed by atoms with Gasteiger partial charge in [-0.05, 0) is 31.2 Å². The van der Waals surface area contributed by atoms with E-state index in [0.717, 1.165) is 25.9 Å². The van der Waals surface area contributed by atoms with Crippen molar-refractivity contribution in [2.75, 3.05) is 23.7 Å². The number of fused-ring (bicyclic) bond motifs is 1. The van der Waals surface area contributed by atoms with Crippen LogP contribution in [0.15, 0.2) is 23.5 Å². The van der Waals surface area contributed by atoms with E-state index in [-0.39, 0.29) is 16.3 Å². The molecule has 0 radical (unpaired) electrons. The van der Waals surface area contributed by atoms with Gasteiger partial charge in [-0.25, -0.2) is 18.2 Å². The molecule has 1 aliphatic heterocycles. The summed E-state index contributed by atoms with van der Waals surface area (Å²) in [6, 6.07) is 1.59. The van der Waals surface area contributed by atoms with Crippen molar-refractivity contribution in [3.63, 3.8) is 0 Å². The van der Waals surface area contributed by atoms with Crippen molar-refractivity contribution in [1.82, 2.24) is 9.38 Å². The maximum Gasteiger partial charge on any atom is 0.337 e. The summed E-state index contributed by atoms with van der Waals surface area (Å²) in [6.07, 6.45) is 5.21. The first-order valence-corrected chi connectivity index (χ1v) is 10.2. The van der Waals surface area contributed by atoms with E-state index < -0.39 is 15.8 Å². The molecule has 0 aliphatic carbocycles. The molecule has 3 rings (SSSR count). The van der Waals surface area contributed by atoms with Crippen molar-refractivity contribution >= 4 is 27.1 Å². The summed E-state index contributed by atoms with van der Waals surface area (Å²) >= 11 is 0. The molecule has 1 N–H and O–H groups in total. The van der Waals surface area contributed by atoms with E-state index in [1.54, 1.807) is 13.0 Å². The molecule has 0 unspecified atom stereocenters. The number of carbonyl (C=O) groups is 1. The molecule has 0 amide bonds. The van der Waals surface area contributed by atoms with Gasteiger partial charge in [-0.1, -0.05) is 13.8 Å². The molecular weight excluding hydrogens is 342 g/mol. The number of sulfone groups is 1. The molecule has 136 valence electrons. The van der Waals surface area contributed by atoms with Crippen LogP contribution in [0.1, 0.15) is 43.5 Å². The van der Waals surface area contributed by atoms with E-state index in [1.807, 2.05) is 0 Å². The van der Waals surface area contributed by atoms with Crippen LogP contribution in [-0.2, 0) is 9.84 Å². The monoisotopic (exact) mass is 365 g/mol. The fourth-order valence-electron chi connectivity index (χ4n) is 3.25. The number of anilines is 1. The van der Waals surface area contributed by atoms with Crippen molar-refractivity contribution in [3.8, 4) is 0 Å². The Morgan fingerprint density at radius 1 is 1.36 bits per heavy atom. The predicted molar refractivity (Wildman–Crippen MR) is 95.1 cm³/mol. The Kier molecular flexibility index (Phi) is 4.73. The van der Waals surface area contributed by atoms with Gasteiger partial charge in [0.15, 0.2) is 20.5 Å². The lowest BCUT2D eigenvalue weighted by molar-refractivity contribution is 0.0696. The Labute approximate surface area is 147 Å². The number of carboxylic acid groups (broad SMARTS) is 1. The molecule has 1 fully saturated rings. The van der Waals surface area contributed by atoms with E-state index >= 15 is 0 Å². The first kappa shape index (κ1) is 17.7. The summed E-state index contributed by atoms with van der Waals surface area (Å²) < 4.78 is 26.4. The average molecular weight is 365 g/mol. The minimum absolute atomic E-state index is 0.00859. The van der Waals surface area contributed by atoms with Crippen LogP contribution in [0.5, 0.6) is 0 Å². The summed E-state index contributed by atoms with van der Waals surface area (Å²) in [4.78, 5) is 18.0. The van der Waals surface area contributed by atoms with Gasteiger partial charge >= 0.3 is 5.97 Å². The van der Waals surface area contributed by atoms with E-state index in [2.05, 4.69) is 16.8 Å². The second-order valence-corrected chi connectivity index (χ2v) is 8.75. The van der Waals surface area contributed by atoms with Gasteiger partial charge in [-0.3, -0.25) is 4.40 Å². The molecule has 0 saturated carbocycles. The van der Waals surface area contributed by atoms with E-state index in [0.29, 0.717) is 23.7 Å². The minimum Gasteiger partial charge on any atom is -0.478 e. The van der Waals surface area contributed by atoms with Crippen LogP contribution < -0.4 is 4.90 Å². The van der Waals surface area contributed by atoms with Crippen molar-refractivity contribution in [2.24, 2.45) is 5.92 Å². The smallest absolute Gasteiger partial charge is 0.337 e. The largest absolute Gasteiger partial charge is 0.478 e. The van der Waals surface area contributed by atoms with Gasteiger partial charge in [0.05, 0.1) is 23.2 Å². The number of carboxylic acids is 1. The average Bonchev–Trinajstić information content (AvgIpc) is 2.99. The van der Waals surface area contributed by atoms with Crippen molar-refractivity contribution in [1.29, 1.82) is 0 Å². The fourth-order valence-corrected chi connectivity index (χ4v) is 4.65.